The first kappa shape index (κ1) is 7.56. The lowest BCUT2D eigenvalue weighted by molar-refractivity contribution is 0.105. The van der Waals surface area contributed by atoms with Crippen molar-refractivity contribution in [3.63, 3.8) is 0 Å². The summed E-state index contributed by atoms with van der Waals surface area (Å²) in [6, 6.07) is 0. The average Bonchev–Trinajstić information content (AvgIpc) is 2.36. The van der Waals surface area contributed by atoms with Crippen LogP contribution in [0.2, 0.25) is 0 Å². The minimum absolute atomic E-state index is 0.342. The smallest absolute Gasteiger partial charge is 0.0572 e. The molecule has 2 rings (SSSR count). The van der Waals surface area contributed by atoms with Crippen molar-refractivity contribution in [3.8, 4) is 0 Å². The molecule has 0 radical (unpaired) electrons. The van der Waals surface area contributed by atoms with E-state index >= 15 is 0 Å². The standard InChI is InChI=1S/C9H18N2/c1-11-6-8-4-2-3-7(8)5-9(11)10/h7-9H,2-6,10H2,1H3. The summed E-state index contributed by atoms with van der Waals surface area (Å²) >= 11 is 0. The van der Waals surface area contributed by atoms with Gasteiger partial charge in [-0.15, -0.1) is 0 Å². The van der Waals surface area contributed by atoms with Gasteiger partial charge in [-0.25, -0.2) is 0 Å². The molecule has 3 unspecified atom stereocenters. The van der Waals surface area contributed by atoms with Crippen LogP contribution >= 0.6 is 0 Å². The molecule has 1 aliphatic carbocycles. The molecule has 11 heavy (non-hydrogen) atoms. The van der Waals surface area contributed by atoms with Crippen LogP contribution in [0.3, 0.4) is 0 Å². The zero-order valence-electron chi connectivity index (χ0n) is 7.29. The number of nitrogens with two attached hydrogens (primary N) is 1. The van der Waals surface area contributed by atoms with E-state index in [4.69, 9.17) is 5.73 Å². The zero-order chi connectivity index (χ0) is 7.84. The first-order valence-electron chi connectivity index (χ1n) is 4.73. The van der Waals surface area contributed by atoms with Crippen LogP contribution in [0.25, 0.3) is 0 Å². The predicted octanol–water partition coefficient (Wildman–Crippen LogP) is 1.02. The lowest BCUT2D eigenvalue weighted by atomic mass is 9.87. The van der Waals surface area contributed by atoms with Gasteiger partial charge in [0, 0.05) is 6.54 Å². The summed E-state index contributed by atoms with van der Waals surface area (Å²) in [5.74, 6) is 1.93. The first-order chi connectivity index (χ1) is 5.27. The Morgan fingerprint density at radius 2 is 2.00 bits per heavy atom. The molecule has 0 bridgehead atoms. The second kappa shape index (κ2) is 2.76. The van der Waals surface area contributed by atoms with E-state index in [1.54, 1.807) is 0 Å². The molecule has 2 fully saturated rings. The van der Waals surface area contributed by atoms with Crippen LogP contribution in [-0.2, 0) is 0 Å². The van der Waals surface area contributed by atoms with Crippen molar-refractivity contribution in [2.75, 3.05) is 13.6 Å². The molecule has 0 amide bonds. The maximum atomic E-state index is 5.96. The Balaban J connectivity index is 2.00. The van der Waals surface area contributed by atoms with Crippen LogP contribution < -0.4 is 5.73 Å². The molecule has 2 aliphatic rings. The van der Waals surface area contributed by atoms with E-state index in [0.717, 1.165) is 11.8 Å². The number of fused-ring (bicyclic) bond motifs is 1. The molecule has 1 heterocycles. The van der Waals surface area contributed by atoms with Crippen molar-refractivity contribution in [1.82, 2.24) is 4.90 Å². The van der Waals surface area contributed by atoms with Gasteiger partial charge in [-0.1, -0.05) is 12.8 Å². The highest BCUT2D eigenvalue weighted by molar-refractivity contribution is 4.86. The maximum Gasteiger partial charge on any atom is 0.0572 e. The van der Waals surface area contributed by atoms with E-state index < -0.39 is 0 Å². The van der Waals surface area contributed by atoms with Crippen molar-refractivity contribution in [2.24, 2.45) is 17.6 Å². The topological polar surface area (TPSA) is 29.3 Å². The SMILES string of the molecule is CN1CC2CCCC2CC1N. The van der Waals surface area contributed by atoms with Gasteiger partial charge >= 0.3 is 0 Å². The fourth-order valence-electron chi connectivity index (χ4n) is 2.66. The van der Waals surface area contributed by atoms with Crippen LogP contribution in [0.5, 0.6) is 0 Å². The molecule has 0 aromatic heterocycles. The summed E-state index contributed by atoms with van der Waals surface area (Å²) in [5, 5.41) is 0. The van der Waals surface area contributed by atoms with Gasteiger partial charge in [-0.2, -0.15) is 0 Å². The van der Waals surface area contributed by atoms with Gasteiger partial charge in [0.05, 0.1) is 6.17 Å². The van der Waals surface area contributed by atoms with Gasteiger partial charge in [-0.05, 0) is 31.7 Å². The first-order valence-corrected chi connectivity index (χ1v) is 4.73. The number of nitrogens with zero attached hydrogens (tertiary/aromatic N) is 1. The highest BCUT2D eigenvalue weighted by Gasteiger charge is 2.34. The summed E-state index contributed by atoms with van der Waals surface area (Å²) in [7, 11) is 2.15. The minimum Gasteiger partial charge on any atom is -0.316 e. The van der Waals surface area contributed by atoms with Crippen molar-refractivity contribution >= 4 is 0 Å². The Morgan fingerprint density at radius 3 is 2.82 bits per heavy atom. The summed E-state index contributed by atoms with van der Waals surface area (Å²) in [4.78, 5) is 2.31. The maximum absolute atomic E-state index is 5.96. The van der Waals surface area contributed by atoms with E-state index in [0.29, 0.717) is 6.17 Å². The molecule has 1 aliphatic heterocycles. The molecule has 0 aromatic rings. The largest absolute Gasteiger partial charge is 0.316 e. The van der Waals surface area contributed by atoms with Gasteiger partial charge in [0.2, 0.25) is 0 Å². The molecule has 3 atom stereocenters. The molecule has 0 aromatic carbocycles. The van der Waals surface area contributed by atoms with Crippen molar-refractivity contribution < 1.29 is 0 Å². The predicted molar refractivity (Wildman–Crippen MR) is 46.1 cm³/mol. The molecule has 2 nitrogen and oxygen atoms in total. The van der Waals surface area contributed by atoms with E-state index in [-0.39, 0.29) is 0 Å². The fourth-order valence-corrected chi connectivity index (χ4v) is 2.66. The molecule has 0 spiro atoms. The van der Waals surface area contributed by atoms with E-state index in [9.17, 15) is 0 Å². The highest BCUT2D eigenvalue weighted by Crippen LogP contribution is 2.38. The number of piperidine rings is 1. The van der Waals surface area contributed by atoms with Crippen LogP contribution in [0.15, 0.2) is 0 Å². The Labute approximate surface area is 68.7 Å². The minimum atomic E-state index is 0.342. The van der Waals surface area contributed by atoms with E-state index in [1.165, 1.54) is 32.2 Å². The number of hydrogen-bond acceptors (Lipinski definition) is 2. The average molecular weight is 154 g/mol. The third-order valence-corrected chi connectivity index (χ3v) is 3.45. The van der Waals surface area contributed by atoms with Gasteiger partial charge in [-0.3, -0.25) is 4.90 Å². The Hall–Kier alpha value is -0.0800. The van der Waals surface area contributed by atoms with Crippen molar-refractivity contribution in [2.45, 2.75) is 31.8 Å². The monoisotopic (exact) mass is 154 g/mol. The normalized spacial score (nSPS) is 45.8. The highest BCUT2D eigenvalue weighted by atomic mass is 15.2. The molecule has 1 saturated carbocycles. The van der Waals surface area contributed by atoms with Crippen LogP contribution in [-0.4, -0.2) is 24.7 Å². The third-order valence-electron chi connectivity index (χ3n) is 3.45. The summed E-state index contributed by atoms with van der Waals surface area (Å²) in [5.41, 5.74) is 5.96. The van der Waals surface area contributed by atoms with Crippen LogP contribution in [0, 0.1) is 11.8 Å². The number of likely N-dealkylation sites (tertiary alicyclic amines) is 1. The third kappa shape index (κ3) is 1.30. The zero-order valence-corrected chi connectivity index (χ0v) is 7.29. The summed E-state index contributed by atoms with van der Waals surface area (Å²) in [6.07, 6.45) is 5.90. The lowest BCUT2D eigenvalue weighted by Crippen LogP contribution is -2.48. The van der Waals surface area contributed by atoms with Crippen molar-refractivity contribution in [1.29, 1.82) is 0 Å². The summed E-state index contributed by atoms with van der Waals surface area (Å²) in [6.45, 7) is 1.24. The van der Waals surface area contributed by atoms with Gasteiger partial charge in [0.25, 0.3) is 0 Å². The summed E-state index contributed by atoms with van der Waals surface area (Å²) < 4.78 is 0. The second-order valence-corrected chi connectivity index (χ2v) is 4.19. The number of hydrogen-bond donors (Lipinski definition) is 1. The molecular weight excluding hydrogens is 136 g/mol. The molecule has 64 valence electrons. The Kier molecular flexibility index (Phi) is 1.90. The molecular formula is C9H18N2. The van der Waals surface area contributed by atoms with Crippen molar-refractivity contribution in [3.05, 3.63) is 0 Å². The Morgan fingerprint density at radius 1 is 1.27 bits per heavy atom. The molecule has 2 N–H and O–H groups in total. The molecule has 1 saturated heterocycles. The van der Waals surface area contributed by atoms with Gasteiger partial charge in [0.1, 0.15) is 0 Å². The van der Waals surface area contributed by atoms with Gasteiger partial charge in [0.15, 0.2) is 0 Å². The van der Waals surface area contributed by atoms with E-state index in [1.807, 2.05) is 0 Å². The fraction of sp³-hybridized carbons (Fsp3) is 1.00. The van der Waals surface area contributed by atoms with E-state index in [2.05, 4.69) is 11.9 Å². The van der Waals surface area contributed by atoms with Crippen LogP contribution in [0.4, 0.5) is 0 Å². The molecule has 2 heteroatoms. The second-order valence-electron chi connectivity index (χ2n) is 4.19. The Bertz CT molecular complexity index is 130. The van der Waals surface area contributed by atoms with Gasteiger partial charge < -0.3 is 5.73 Å². The number of rotatable bonds is 0. The van der Waals surface area contributed by atoms with Crippen LogP contribution in [0.1, 0.15) is 25.7 Å². The lowest BCUT2D eigenvalue weighted by Gasteiger charge is -2.37. The quantitative estimate of drug-likeness (QED) is 0.564.